The van der Waals surface area contributed by atoms with Crippen molar-refractivity contribution in [2.24, 2.45) is 5.73 Å². The normalized spacial score (nSPS) is 10.6. The predicted molar refractivity (Wildman–Crippen MR) is 65.9 cm³/mol. The van der Waals surface area contributed by atoms with Crippen LogP contribution in [-0.4, -0.2) is 27.1 Å². The molecule has 2 rings (SSSR count). The van der Waals surface area contributed by atoms with Crippen LogP contribution in [0.3, 0.4) is 0 Å². The van der Waals surface area contributed by atoms with Gasteiger partial charge in [0.25, 0.3) is 0 Å². The van der Waals surface area contributed by atoms with Crippen LogP contribution < -0.4 is 5.73 Å². The first kappa shape index (κ1) is 11.2. The lowest BCUT2D eigenvalue weighted by atomic mass is 10.3. The highest BCUT2D eigenvalue weighted by molar-refractivity contribution is 7.99. The molecule has 1 aromatic carbocycles. The van der Waals surface area contributed by atoms with E-state index >= 15 is 0 Å². The molecule has 0 aliphatic rings. The molecule has 1 heterocycles. The average Bonchev–Trinajstić information content (AvgIpc) is 2.69. The summed E-state index contributed by atoms with van der Waals surface area (Å²) in [5.74, 6) is 1.75. The summed E-state index contributed by atoms with van der Waals surface area (Å²) in [6.45, 7) is 2.60. The monoisotopic (exact) mass is 234 g/mol. The second-order valence-corrected chi connectivity index (χ2v) is 4.40. The Morgan fingerprint density at radius 2 is 2.00 bits per heavy atom. The topological polar surface area (TPSA) is 56.7 Å². The van der Waals surface area contributed by atoms with Gasteiger partial charge in [0.15, 0.2) is 5.16 Å². The SMILES string of the molecule is Cc1nnc(SCCN)n1-c1ccccc1. The third-order valence-corrected chi connectivity index (χ3v) is 3.12. The number of para-hydroxylation sites is 1. The van der Waals surface area contributed by atoms with Gasteiger partial charge in [-0.2, -0.15) is 0 Å². The first-order valence-electron chi connectivity index (χ1n) is 5.13. The molecule has 0 bridgehead atoms. The summed E-state index contributed by atoms with van der Waals surface area (Å²) in [5.41, 5.74) is 6.58. The molecule has 0 aliphatic heterocycles. The third-order valence-electron chi connectivity index (χ3n) is 2.16. The van der Waals surface area contributed by atoms with E-state index < -0.39 is 0 Å². The molecule has 0 spiro atoms. The van der Waals surface area contributed by atoms with Gasteiger partial charge in [0.2, 0.25) is 0 Å². The Morgan fingerprint density at radius 1 is 1.25 bits per heavy atom. The van der Waals surface area contributed by atoms with Gasteiger partial charge in [-0.3, -0.25) is 4.57 Å². The quantitative estimate of drug-likeness (QED) is 0.817. The lowest BCUT2D eigenvalue weighted by Gasteiger charge is -2.07. The summed E-state index contributed by atoms with van der Waals surface area (Å²) in [5, 5.41) is 9.14. The van der Waals surface area contributed by atoms with Crippen molar-refractivity contribution in [1.29, 1.82) is 0 Å². The minimum Gasteiger partial charge on any atom is -0.330 e. The van der Waals surface area contributed by atoms with Crippen molar-refractivity contribution in [3.05, 3.63) is 36.2 Å². The summed E-state index contributed by atoms with van der Waals surface area (Å²) in [7, 11) is 0. The Balaban J connectivity index is 2.35. The van der Waals surface area contributed by atoms with Gasteiger partial charge in [-0.05, 0) is 19.1 Å². The molecule has 4 nitrogen and oxygen atoms in total. The largest absolute Gasteiger partial charge is 0.330 e. The third kappa shape index (κ3) is 2.25. The maximum absolute atomic E-state index is 5.49. The highest BCUT2D eigenvalue weighted by Crippen LogP contribution is 2.20. The maximum Gasteiger partial charge on any atom is 0.195 e. The number of thioether (sulfide) groups is 1. The van der Waals surface area contributed by atoms with Gasteiger partial charge in [0.05, 0.1) is 0 Å². The fourth-order valence-corrected chi connectivity index (χ4v) is 2.23. The molecule has 5 heteroatoms. The molecule has 2 N–H and O–H groups in total. The van der Waals surface area contributed by atoms with E-state index in [-0.39, 0.29) is 0 Å². The highest BCUT2D eigenvalue weighted by Gasteiger charge is 2.09. The van der Waals surface area contributed by atoms with Crippen molar-refractivity contribution in [1.82, 2.24) is 14.8 Å². The molecule has 0 amide bonds. The van der Waals surface area contributed by atoms with Crippen LogP contribution in [-0.2, 0) is 0 Å². The molecule has 1 aromatic heterocycles. The van der Waals surface area contributed by atoms with Crippen LogP contribution in [0.25, 0.3) is 5.69 Å². The van der Waals surface area contributed by atoms with Gasteiger partial charge in [-0.1, -0.05) is 30.0 Å². The summed E-state index contributed by atoms with van der Waals surface area (Å²) in [6.07, 6.45) is 0. The van der Waals surface area contributed by atoms with Crippen LogP contribution >= 0.6 is 11.8 Å². The lowest BCUT2D eigenvalue weighted by molar-refractivity contribution is 0.867. The molecule has 84 valence electrons. The van der Waals surface area contributed by atoms with E-state index in [1.165, 1.54) is 0 Å². The van der Waals surface area contributed by atoms with Crippen LogP contribution in [0.4, 0.5) is 0 Å². The highest BCUT2D eigenvalue weighted by atomic mass is 32.2. The summed E-state index contributed by atoms with van der Waals surface area (Å²) >= 11 is 1.63. The molecule has 16 heavy (non-hydrogen) atoms. The minimum absolute atomic E-state index is 0.644. The van der Waals surface area contributed by atoms with Crippen LogP contribution in [0.2, 0.25) is 0 Å². The minimum atomic E-state index is 0.644. The predicted octanol–water partition coefficient (Wildman–Crippen LogP) is 1.63. The van der Waals surface area contributed by atoms with Gasteiger partial charge >= 0.3 is 0 Å². The number of aryl methyl sites for hydroxylation is 1. The number of rotatable bonds is 4. The first-order valence-corrected chi connectivity index (χ1v) is 6.12. The fourth-order valence-electron chi connectivity index (χ4n) is 1.46. The lowest BCUT2D eigenvalue weighted by Crippen LogP contribution is -2.04. The number of aromatic nitrogens is 3. The van der Waals surface area contributed by atoms with E-state index in [4.69, 9.17) is 5.73 Å². The van der Waals surface area contributed by atoms with Crippen LogP contribution in [0.15, 0.2) is 35.5 Å². The van der Waals surface area contributed by atoms with Gasteiger partial charge in [-0.15, -0.1) is 10.2 Å². The van der Waals surface area contributed by atoms with E-state index in [0.717, 1.165) is 22.4 Å². The van der Waals surface area contributed by atoms with Crippen LogP contribution in [0.5, 0.6) is 0 Å². The molecule has 0 atom stereocenters. The van der Waals surface area contributed by atoms with Crippen molar-refractivity contribution in [3.63, 3.8) is 0 Å². The van der Waals surface area contributed by atoms with Gasteiger partial charge in [-0.25, -0.2) is 0 Å². The van der Waals surface area contributed by atoms with E-state index in [2.05, 4.69) is 10.2 Å². The molecule has 2 aromatic rings. The zero-order valence-electron chi connectivity index (χ0n) is 9.13. The fraction of sp³-hybridized carbons (Fsp3) is 0.273. The summed E-state index contributed by atoms with van der Waals surface area (Å²) < 4.78 is 2.04. The number of nitrogens with zero attached hydrogens (tertiary/aromatic N) is 3. The smallest absolute Gasteiger partial charge is 0.195 e. The maximum atomic E-state index is 5.49. The van der Waals surface area contributed by atoms with Crippen molar-refractivity contribution in [2.45, 2.75) is 12.1 Å². The van der Waals surface area contributed by atoms with Crippen molar-refractivity contribution in [2.75, 3.05) is 12.3 Å². The molecule has 0 radical (unpaired) electrons. The second-order valence-electron chi connectivity index (χ2n) is 3.34. The number of benzene rings is 1. The standard InChI is InChI=1S/C11H14N4S/c1-9-13-14-11(16-8-7-12)15(9)10-5-3-2-4-6-10/h2-6H,7-8,12H2,1H3. The first-order chi connectivity index (χ1) is 7.83. The Hall–Kier alpha value is -1.33. The average molecular weight is 234 g/mol. The Labute approximate surface area is 98.9 Å². The molecule has 0 aliphatic carbocycles. The van der Waals surface area contributed by atoms with Crippen LogP contribution in [0, 0.1) is 6.92 Å². The van der Waals surface area contributed by atoms with Crippen molar-refractivity contribution in [3.8, 4) is 5.69 Å². The molecule has 0 saturated heterocycles. The van der Waals surface area contributed by atoms with E-state index in [1.54, 1.807) is 11.8 Å². The molecule has 0 fully saturated rings. The van der Waals surface area contributed by atoms with Gasteiger partial charge in [0.1, 0.15) is 5.82 Å². The van der Waals surface area contributed by atoms with Gasteiger partial charge < -0.3 is 5.73 Å². The number of hydrogen-bond donors (Lipinski definition) is 1. The summed E-state index contributed by atoms with van der Waals surface area (Å²) in [6, 6.07) is 10.1. The zero-order valence-corrected chi connectivity index (χ0v) is 9.94. The summed E-state index contributed by atoms with van der Waals surface area (Å²) in [4.78, 5) is 0. The molecular formula is C11H14N4S. The second kappa shape index (κ2) is 5.14. The number of nitrogens with two attached hydrogens (primary N) is 1. The molecule has 0 unspecified atom stereocenters. The molecular weight excluding hydrogens is 220 g/mol. The van der Waals surface area contributed by atoms with E-state index in [1.807, 2.05) is 41.8 Å². The molecule has 0 saturated carbocycles. The van der Waals surface area contributed by atoms with Crippen LogP contribution in [0.1, 0.15) is 5.82 Å². The van der Waals surface area contributed by atoms with E-state index in [9.17, 15) is 0 Å². The van der Waals surface area contributed by atoms with E-state index in [0.29, 0.717) is 6.54 Å². The Bertz CT molecular complexity index is 452. The zero-order chi connectivity index (χ0) is 11.4. The van der Waals surface area contributed by atoms with Crippen molar-refractivity contribution >= 4 is 11.8 Å². The van der Waals surface area contributed by atoms with Crippen molar-refractivity contribution < 1.29 is 0 Å². The number of hydrogen-bond acceptors (Lipinski definition) is 4. The Morgan fingerprint density at radius 3 is 2.69 bits per heavy atom. The van der Waals surface area contributed by atoms with Gasteiger partial charge in [0, 0.05) is 18.0 Å². The Kier molecular flexibility index (Phi) is 3.58.